The van der Waals surface area contributed by atoms with E-state index in [2.05, 4.69) is 25.7 Å². The van der Waals surface area contributed by atoms with E-state index in [0.29, 0.717) is 6.54 Å². The van der Waals surface area contributed by atoms with E-state index in [1.54, 1.807) is 0 Å². The Labute approximate surface area is 88.3 Å². The van der Waals surface area contributed by atoms with E-state index < -0.39 is 0 Å². The lowest BCUT2D eigenvalue weighted by molar-refractivity contribution is 0.0649. The first-order valence-electron chi connectivity index (χ1n) is 5.76. The van der Waals surface area contributed by atoms with Crippen LogP contribution in [0.25, 0.3) is 0 Å². The van der Waals surface area contributed by atoms with Crippen LogP contribution < -0.4 is 5.73 Å². The van der Waals surface area contributed by atoms with E-state index in [4.69, 9.17) is 10.8 Å². The van der Waals surface area contributed by atoms with E-state index in [9.17, 15) is 0 Å². The van der Waals surface area contributed by atoms with Crippen molar-refractivity contribution in [1.29, 1.82) is 0 Å². The summed E-state index contributed by atoms with van der Waals surface area (Å²) >= 11 is 0. The van der Waals surface area contributed by atoms with Crippen molar-refractivity contribution in [2.75, 3.05) is 26.2 Å². The molecular weight excluding hydrogens is 176 g/mol. The van der Waals surface area contributed by atoms with Crippen molar-refractivity contribution in [2.24, 2.45) is 5.73 Å². The van der Waals surface area contributed by atoms with Gasteiger partial charge in [0.2, 0.25) is 0 Å². The standard InChI is InChI=1S/C11H26N2O/c1-4-7-13(8-9-14)11(5-2,6-3)10-12/h14H,4-10,12H2,1-3H3. The van der Waals surface area contributed by atoms with Crippen LogP contribution >= 0.6 is 0 Å². The molecule has 0 amide bonds. The van der Waals surface area contributed by atoms with Crippen molar-refractivity contribution in [3.05, 3.63) is 0 Å². The summed E-state index contributed by atoms with van der Waals surface area (Å²) in [7, 11) is 0. The normalized spacial score (nSPS) is 12.4. The van der Waals surface area contributed by atoms with Crippen molar-refractivity contribution >= 4 is 0 Å². The molecule has 0 aromatic heterocycles. The zero-order chi connectivity index (χ0) is 11.0. The van der Waals surface area contributed by atoms with Crippen LogP contribution in [0.3, 0.4) is 0 Å². The van der Waals surface area contributed by atoms with Gasteiger partial charge in [0.15, 0.2) is 0 Å². The van der Waals surface area contributed by atoms with Gasteiger partial charge in [0.25, 0.3) is 0 Å². The van der Waals surface area contributed by atoms with E-state index in [1.165, 1.54) is 0 Å². The Balaban J connectivity index is 4.52. The van der Waals surface area contributed by atoms with Crippen LogP contribution in [0.1, 0.15) is 40.0 Å². The van der Waals surface area contributed by atoms with E-state index in [1.807, 2.05) is 0 Å². The van der Waals surface area contributed by atoms with E-state index in [0.717, 1.165) is 32.4 Å². The van der Waals surface area contributed by atoms with Gasteiger partial charge in [-0.1, -0.05) is 20.8 Å². The van der Waals surface area contributed by atoms with Gasteiger partial charge < -0.3 is 10.8 Å². The fraction of sp³-hybridized carbons (Fsp3) is 1.00. The summed E-state index contributed by atoms with van der Waals surface area (Å²) in [5, 5.41) is 9.03. The van der Waals surface area contributed by atoms with Crippen LogP contribution in [0.2, 0.25) is 0 Å². The number of nitrogens with two attached hydrogens (primary N) is 1. The molecule has 0 fully saturated rings. The molecule has 0 spiro atoms. The van der Waals surface area contributed by atoms with E-state index >= 15 is 0 Å². The fourth-order valence-electron chi connectivity index (χ4n) is 2.09. The predicted molar refractivity (Wildman–Crippen MR) is 61.3 cm³/mol. The summed E-state index contributed by atoms with van der Waals surface area (Å²) in [4.78, 5) is 2.34. The van der Waals surface area contributed by atoms with Crippen LogP contribution in [0, 0.1) is 0 Å². The topological polar surface area (TPSA) is 49.5 Å². The number of hydrogen-bond donors (Lipinski definition) is 2. The minimum Gasteiger partial charge on any atom is -0.395 e. The molecule has 0 heterocycles. The molecule has 0 aromatic rings. The zero-order valence-electron chi connectivity index (χ0n) is 9.92. The molecule has 0 radical (unpaired) electrons. The number of nitrogens with zero attached hydrogens (tertiary/aromatic N) is 1. The molecule has 0 unspecified atom stereocenters. The lowest BCUT2D eigenvalue weighted by Crippen LogP contribution is -2.54. The number of hydrogen-bond acceptors (Lipinski definition) is 3. The van der Waals surface area contributed by atoms with Gasteiger partial charge in [0.1, 0.15) is 0 Å². The molecule has 0 rings (SSSR count). The summed E-state index contributed by atoms with van der Waals surface area (Å²) in [6.45, 7) is 9.19. The number of aliphatic hydroxyl groups excluding tert-OH is 1. The van der Waals surface area contributed by atoms with Gasteiger partial charge in [-0.25, -0.2) is 0 Å². The summed E-state index contributed by atoms with van der Waals surface area (Å²) in [5.41, 5.74) is 5.96. The number of aliphatic hydroxyl groups is 1. The largest absolute Gasteiger partial charge is 0.395 e. The van der Waals surface area contributed by atoms with Gasteiger partial charge in [-0.2, -0.15) is 0 Å². The third kappa shape index (κ3) is 3.23. The van der Waals surface area contributed by atoms with Gasteiger partial charge in [-0.3, -0.25) is 4.90 Å². The second-order valence-electron chi connectivity index (χ2n) is 3.85. The molecule has 0 saturated heterocycles. The fourth-order valence-corrected chi connectivity index (χ4v) is 2.09. The number of β-amino-alcohol motifs (C(OH)–C–C–N with tert-alkyl or cyclic N) is 1. The van der Waals surface area contributed by atoms with Crippen molar-refractivity contribution in [3.8, 4) is 0 Å². The molecular formula is C11H26N2O. The molecule has 0 atom stereocenters. The maximum absolute atomic E-state index is 9.03. The van der Waals surface area contributed by atoms with Crippen molar-refractivity contribution in [2.45, 2.75) is 45.6 Å². The number of rotatable bonds is 8. The molecule has 86 valence electrons. The Hall–Kier alpha value is -0.120. The Morgan fingerprint density at radius 1 is 1.14 bits per heavy atom. The van der Waals surface area contributed by atoms with Gasteiger partial charge in [-0.05, 0) is 25.8 Å². The smallest absolute Gasteiger partial charge is 0.0558 e. The first-order valence-corrected chi connectivity index (χ1v) is 5.76. The second-order valence-corrected chi connectivity index (χ2v) is 3.85. The Morgan fingerprint density at radius 2 is 1.71 bits per heavy atom. The highest BCUT2D eigenvalue weighted by atomic mass is 16.3. The molecule has 0 aliphatic heterocycles. The first kappa shape index (κ1) is 13.9. The predicted octanol–water partition coefficient (Wildman–Crippen LogP) is 1.21. The maximum Gasteiger partial charge on any atom is 0.0558 e. The average Bonchev–Trinajstić information content (AvgIpc) is 2.22. The first-order chi connectivity index (χ1) is 6.70. The molecule has 0 aliphatic carbocycles. The monoisotopic (exact) mass is 202 g/mol. The summed E-state index contributed by atoms with van der Waals surface area (Å²) in [5.74, 6) is 0. The summed E-state index contributed by atoms with van der Waals surface area (Å²) in [6, 6.07) is 0. The minimum atomic E-state index is 0.0960. The zero-order valence-corrected chi connectivity index (χ0v) is 9.92. The van der Waals surface area contributed by atoms with Crippen LogP contribution in [-0.2, 0) is 0 Å². The molecule has 0 aliphatic rings. The van der Waals surface area contributed by atoms with Crippen LogP contribution in [0.5, 0.6) is 0 Å². The Kier molecular flexibility index (Phi) is 7.15. The van der Waals surface area contributed by atoms with Crippen LogP contribution in [0.15, 0.2) is 0 Å². The molecule has 14 heavy (non-hydrogen) atoms. The minimum absolute atomic E-state index is 0.0960. The van der Waals surface area contributed by atoms with Crippen LogP contribution in [0.4, 0.5) is 0 Å². The third-order valence-corrected chi connectivity index (χ3v) is 3.23. The Morgan fingerprint density at radius 3 is 2.00 bits per heavy atom. The third-order valence-electron chi connectivity index (χ3n) is 3.23. The van der Waals surface area contributed by atoms with Gasteiger partial charge in [-0.15, -0.1) is 0 Å². The molecule has 3 nitrogen and oxygen atoms in total. The van der Waals surface area contributed by atoms with Crippen LogP contribution in [-0.4, -0.2) is 41.8 Å². The molecule has 3 heteroatoms. The van der Waals surface area contributed by atoms with Gasteiger partial charge >= 0.3 is 0 Å². The average molecular weight is 202 g/mol. The molecule has 0 saturated carbocycles. The molecule has 0 aromatic carbocycles. The Bertz CT molecular complexity index is 121. The summed E-state index contributed by atoms with van der Waals surface area (Å²) in [6.07, 6.45) is 3.22. The lowest BCUT2D eigenvalue weighted by atomic mass is 9.90. The highest BCUT2D eigenvalue weighted by molar-refractivity contribution is 4.89. The summed E-state index contributed by atoms with van der Waals surface area (Å²) < 4.78 is 0. The lowest BCUT2D eigenvalue weighted by Gasteiger charge is -2.42. The van der Waals surface area contributed by atoms with Crippen molar-refractivity contribution < 1.29 is 5.11 Å². The van der Waals surface area contributed by atoms with Crippen molar-refractivity contribution in [3.63, 3.8) is 0 Å². The van der Waals surface area contributed by atoms with E-state index in [-0.39, 0.29) is 12.1 Å². The molecule has 3 N–H and O–H groups in total. The maximum atomic E-state index is 9.03. The van der Waals surface area contributed by atoms with Gasteiger partial charge in [0, 0.05) is 18.6 Å². The molecule has 0 bridgehead atoms. The highest BCUT2D eigenvalue weighted by Crippen LogP contribution is 2.22. The van der Waals surface area contributed by atoms with Gasteiger partial charge in [0.05, 0.1) is 6.61 Å². The quantitative estimate of drug-likeness (QED) is 0.622. The van der Waals surface area contributed by atoms with Crippen molar-refractivity contribution in [1.82, 2.24) is 4.90 Å². The SMILES string of the molecule is CCCN(CCO)C(CC)(CC)CN. The highest BCUT2D eigenvalue weighted by Gasteiger charge is 2.30. The second kappa shape index (κ2) is 7.21.